The molecule has 3 nitrogen and oxygen atoms in total. The summed E-state index contributed by atoms with van der Waals surface area (Å²) in [5.74, 6) is -0.150. The molecule has 1 N–H and O–H groups in total. The zero-order valence-corrected chi connectivity index (χ0v) is 14.8. The summed E-state index contributed by atoms with van der Waals surface area (Å²) in [6, 6.07) is 13.3. The molecule has 2 aromatic carbocycles. The number of carbonyl (C=O) groups excluding carboxylic acids is 1. The molecule has 0 radical (unpaired) electrons. The lowest BCUT2D eigenvalue weighted by atomic mass is 10.3. The third-order valence-corrected chi connectivity index (χ3v) is 5.67. The zero-order valence-electron chi connectivity index (χ0n) is 11.6. The molecule has 0 spiro atoms. The molecule has 0 saturated carbocycles. The minimum atomic E-state index is -1.08. The van der Waals surface area contributed by atoms with Crippen molar-refractivity contribution in [3.8, 4) is 0 Å². The van der Waals surface area contributed by atoms with E-state index in [1.165, 1.54) is 6.92 Å². The van der Waals surface area contributed by atoms with Gasteiger partial charge in [-0.15, -0.1) is 0 Å². The molecule has 1 atom stereocenters. The first-order valence-electron chi connectivity index (χ1n) is 6.15. The second-order valence-corrected chi connectivity index (χ2v) is 7.64. The van der Waals surface area contributed by atoms with Gasteiger partial charge >= 0.3 is 0 Å². The molecular formula is C15H14BrNO2S2. The van der Waals surface area contributed by atoms with Crippen LogP contribution in [0, 0.1) is 0 Å². The SMILES string of the molecule is CC(=O)Nc1cc(S(C)=O)ccc1Sc1ccccc1Br. The highest BCUT2D eigenvalue weighted by atomic mass is 79.9. The summed E-state index contributed by atoms with van der Waals surface area (Å²) >= 11 is 5.05. The largest absolute Gasteiger partial charge is 0.325 e. The van der Waals surface area contributed by atoms with Crippen molar-refractivity contribution in [3.63, 3.8) is 0 Å². The van der Waals surface area contributed by atoms with Crippen LogP contribution < -0.4 is 5.32 Å². The molecule has 6 heteroatoms. The first-order chi connectivity index (χ1) is 9.97. The average molecular weight is 384 g/mol. The Morgan fingerprint density at radius 2 is 1.90 bits per heavy atom. The van der Waals surface area contributed by atoms with E-state index in [9.17, 15) is 9.00 Å². The van der Waals surface area contributed by atoms with Gasteiger partial charge in [-0.25, -0.2) is 0 Å². The molecule has 1 amide bonds. The van der Waals surface area contributed by atoms with Crippen LogP contribution in [0.4, 0.5) is 5.69 Å². The summed E-state index contributed by atoms with van der Waals surface area (Å²) in [6.07, 6.45) is 1.62. The summed E-state index contributed by atoms with van der Waals surface area (Å²) in [5.41, 5.74) is 0.677. The highest BCUT2D eigenvalue weighted by molar-refractivity contribution is 9.10. The van der Waals surface area contributed by atoms with Crippen LogP contribution in [0.1, 0.15) is 6.92 Å². The molecule has 21 heavy (non-hydrogen) atoms. The number of amides is 1. The molecule has 0 aromatic heterocycles. The van der Waals surface area contributed by atoms with Crippen molar-refractivity contribution >= 4 is 50.1 Å². The van der Waals surface area contributed by atoms with Gasteiger partial charge in [0.15, 0.2) is 0 Å². The quantitative estimate of drug-likeness (QED) is 0.855. The molecule has 1 unspecified atom stereocenters. The molecule has 0 fully saturated rings. The van der Waals surface area contributed by atoms with Crippen LogP contribution in [-0.2, 0) is 15.6 Å². The fraction of sp³-hybridized carbons (Fsp3) is 0.133. The van der Waals surface area contributed by atoms with Crippen LogP contribution >= 0.6 is 27.7 Å². The van der Waals surface area contributed by atoms with Gasteiger partial charge in [0, 0.05) is 43.1 Å². The summed E-state index contributed by atoms with van der Waals surface area (Å²) in [4.78, 5) is 14.0. The molecule has 0 heterocycles. The Kier molecular flexibility index (Phi) is 5.61. The Hall–Kier alpha value is -1.11. The Morgan fingerprint density at radius 1 is 1.19 bits per heavy atom. The average Bonchev–Trinajstić information content (AvgIpc) is 2.42. The highest BCUT2D eigenvalue weighted by Gasteiger charge is 2.10. The molecule has 2 aromatic rings. The van der Waals surface area contributed by atoms with E-state index in [4.69, 9.17) is 0 Å². The highest BCUT2D eigenvalue weighted by Crippen LogP contribution is 2.38. The van der Waals surface area contributed by atoms with Gasteiger partial charge in [-0.2, -0.15) is 0 Å². The van der Waals surface area contributed by atoms with Crippen molar-refractivity contribution < 1.29 is 9.00 Å². The van der Waals surface area contributed by atoms with Gasteiger partial charge in [0.2, 0.25) is 5.91 Å². The van der Waals surface area contributed by atoms with Crippen LogP contribution in [-0.4, -0.2) is 16.4 Å². The molecule has 0 aliphatic heterocycles. The predicted molar refractivity (Wildman–Crippen MR) is 91.3 cm³/mol. The lowest BCUT2D eigenvalue weighted by Crippen LogP contribution is -2.07. The normalized spacial score (nSPS) is 12.0. The van der Waals surface area contributed by atoms with Gasteiger partial charge in [0.1, 0.15) is 0 Å². The number of carbonyl (C=O) groups is 1. The van der Waals surface area contributed by atoms with Crippen LogP contribution in [0.2, 0.25) is 0 Å². The summed E-state index contributed by atoms with van der Waals surface area (Å²) in [5, 5.41) is 2.80. The van der Waals surface area contributed by atoms with Crippen molar-refractivity contribution in [2.24, 2.45) is 0 Å². The van der Waals surface area contributed by atoms with Crippen LogP contribution in [0.15, 0.2) is 61.6 Å². The van der Waals surface area contributed by atoms with Gasteiger partial charge in [-0.1, -0.05) is 23.9 Å². The van der Waals surface area contributed by atoms with Crippen molar-refractivity contribution in [1.82, 2.24) is 0 Å². The molecule has 110 valence electrons. The fourth-order valence-corrected chi connectivity index (χ4v) is 3.69. The second-order valence-electron chi connectivity index (χ2n) is 4.33. The number of anilines is 1. The van der Waals surface area contributed by atoms with Crippen LogP contribution in [0.25, 0.3) is 0 Å². The van der Waals surface area contributed by atoms with Gasteiger partial charge in [0.25, 0.3) is 0 Å². The van der Waals surface area contributed by atoms with E-state index in [1.807, 2.05) is 36.4 Å². The maximum absolute atomic E-state index is 11.6. The van der Waals surface area contributed by atoms with E-state index in [2.05, 4.69) is 21.2 Å². The Labute approximate surface area is 139 Å². The fourth-order valence-electron chi connectivity index (χ4n) is 1.71. The molecule has 0 bridgehead atoms. The Morgan fingerprint density at radius 3 is 2.52 bits per heavy atom. The lowest BCUT2D eigenvalue weighted by Gasteiger charge is -2.12. The van der Waals surface area contributed by atoms with Gasteiger partial charge in [0.05, 0.1) is 5.69 Å². The minimum Gasteiger partial charge on any atom is -0.325 e. The second kappa shape index (κ2) is 7.24. The van der Waals surface area contributed by atoms with Crippen molar-refractivity contribution in [1.29, 1.82) is 0 Å². The third-order valence-electron chi connectivity index (χ3n) is 2.65. The molecule has 0 saturated heterocycles. The standard InChI is InChI=1S/C15H14BrNO2S2/c1-10(18)17-13-9-11(21(2)19)7-8-15(13)20-14-6-4-3-5-12(14)16/h3-9H,1-2H3,(H,17,18). The van der Waals surface area contributed by atoms with Gasteiger partial charge < -0.3 is 5.32 Å². The zero-order chi connectivity index (χ0) is 15.4. The van der Waals surface area contributed by atoms with Crippen LogP contribution in [0.5, 0.6) is 0 Å². The van der Waals surface area contributed by atoms with E-state index >= 15 is 0 Å². The summed E-state index contributed by atoms with van der Waals surface area (Å²) < 4.78 is 12.6. The Bertz CT molecular complexity index is 704. The predicted octanol–water partition coefficient (Wildman–Crippen LogP) is 4.30. The van der Waals surface area contributed by atoms with E-state index in [-0.39, 0.29) is 5.91 Å². The third kappa shape index (κ3) is 4.43. The lowest BCUT2D eigenvalue weighted by molar-refractivity contribution is -0.114. The minimum absolute atomic E-state index is 0.150. The number of halogens is 1. The van der Waals surface area contributed by atoms with E-state index in [0.717, 1.165) is 14.3 Å². The molecular weight excluding hydrogens is 370 g/mol. The van der Waals surface area contributed by atoms with Crippen molar-refractivity contribution in [3.05, 3.63) is 46.9 Å². The molecule has 0 aliphatic carbocycles. The maximum atomic E-state index is 11.6. The number of benzene rings is 2. The van der Waals surface area contributed by atoms with Crippen molar-refractivity contribution in [2.45, 2.75) is 21.6 Å². The van der Waals surface area contributed by atoms with E-state index in [0.29, 0.717) is 10.6 Å². The first-order valence-corrected chi connectivity index (χ1v) is 9.31. The summed E-state index contributed by atoms with van der Waals surface area (Å²) in [6.45, 7) is 1.46. The number of nitrogens with one attached hydrogen (secondary N) is 1. The number of hydrogen-bond acceptors (Lipinski definition) is 3. The van der Waals surface area contributed by atoms with Crippen molar-refractivity contribution in [2.75, 3.05) is 11.6 Å². The van der Waals surface area contributed by atoms with Crippen LogP contribution in [0.3, 0.4) is 0 Å². The maximum Gasteiger partial charge on any atom is 0.221 e. The first kappa shape index (κ1) is 16.3. The molecule has 0 aliphatic rings. The topological polar surface area (TPSA) is 46.2 Å². The number of hydrogen-bond donors (Lipinski definition) is 1. The van der Waals surface area contributed by atoms with E-state index < -0.39 is 10.8 Å². The smallest absolute Gasteiger partial charge is 0.221 e. The molecule has 2 rings (SSSR count). The summed E-state index contributed by atoms with van der Waals surface area (Å²) in [7, 11) is -1.08. The van der Waals surface area contributed by atoms with E-state index in [1.54, 1.807) is 24.1 Å². The number of rotatable bonds is 4. The monoisotopic (exact) mass is 383 g/mol. The van der Waals surface area contributed by atoms with Gasteiger partial charge in [-0.3, -0.25) is 9.00 Å². The Balaban J connectivity index is 2.40. The van der Waals surface area contributed by atoms with Gasteiger partial charge in [-0.05, 0) is 46.3 Å².